The summed E-state index contributed by atoms with van der Waals surface area (Å²) >= 11 is 2.72. The molecule has 2 aromatic heterocycles. The normalized spacial score (nSPS) is 10.9. The molecule has 0 unspecified atom stereocenters. The van der Waals surface area contributed by atoms with Gasteiger partial charge in [0, 0.05) is 19.6 Å². The van der Waals surface area contributed by atoms with Gasteiger partial charge in [-0.1, -0.05) is 23.9 Å². The Bertz CT molecular complexity index is 779. The number of likely N-dealkylation sites (N-methyl/N-ethyl adjacent to an activating group) is 1. The number of thiophene rings is 1. The number of rotatable bonds is 7. The topological polar surface area (TPSA) is 55.2 Å². The average Bonchev–Trinajstić information content (AvgIpc) is 2.98. The van der Waals surface area contributed by atoms with Gasteiger partial charge in [-0.15, -0.1) is 11.3 Å². The lowest BCUT2D eigenvalue weighted by Crippen LogP contribution is -2.33. The first-order chi connectivity index (χ1) is 11.0. The minimum absolute atomic E-state index is 0.0304. The van der Waals surface area contributed by atoms with Gasteiger partial charge >= 0.3 is 0 Å². The molecule has 0 bridgehead atoms. The summed E-state index contributed by atoms with van der Waals surface area (Å²) in [5.74, 6) is 0.297. The Morgan fingerprint density at radius 2 is 2.22 bits per heavy atom. The largest absolute Gasteiger partial charge is 0.338 e. The summed E-state index contributed by atoms with van der Waals surface area (Å²) in [5.41, 5.74) is 1.62. The number of nitrogens with zero attached hydrogens (tertiary/aromatic N) is 3. The van der Waals surface area contributed by atoms with Crippen LogP contribution in [0.2, 0.25) is 0 Å². The second-order valence-electron chi connectivity index (χ2n) is 5.23. The fourth-order valence-electron chi connectivity index (χ4n) is 2.23. The highest BCUT2D eigenvalue weighted by molar-refractivity contribution is 7.99. The smallest absolute Gasteiger partial charge is 0.272 e. The number of amides is 1. The van der Waals surface area contributed by atoms with Crippen LogP contribution in [0.5, 0.6) is 0 Å². The molecule has 0 N–H and O–H groups in total. The molecule has 124 valence electrons. The number of fused-ring (bicyclic) bond motifs is 1. The first-order valence-electron chi connectivity index (χ1n) is 7.50. The molecular weight excluding hydrogens is 330 g/mol. The molecule has 5 nitrogen and oxygen atoms in total. The highest BCUT2D eigenvalue weighted by atomic mass is 32.2. The lowest BCUT2D eigenvalue weighted by atomic mass is 10.3. The van der Waals surface area contributed by atoms with Crippen molar-refractivity contribution in [2.45, 2.75) is 32.5 Å². The van der Waals surface area contributed by atoms with Crippen LogP contribution in [0, 0.1) is 0 Å². The maximum Gasteiger partial charge on any atom is 0.272 e. The van der Waals surface area contributed by atoms with Crippen molar-refractivity contribution in [3.63, 3.8) is 0 Å². The SMILES string of the molecule is C=C(C)CN(CC)C(=O)CSc1nc2ccsc2c(=O)n1CC. The predicted molar refractivity (Wildman–Crippen MR) is 97.3 cm³/mol. The minimum atomic E-state index is -0.0308. The van der Waals surface area contributed by atoms with Crippen LogP contribution in [0.25, 0.3) is 10.2 Å². The van der Waals surface area contributed by atoms with Crippen LogP contribution in [0.1, 0.15) is 20.8 Å². The Morgan fingerprint density at radius 1 is 1.48 bits per heavy atom. The van der Waals surface area contributed by atoms with E-state index in [0.29, 0.717) is 35.0 Å². The molecule has 0 spiro atoms. The lowest BCUT2D eigenvalue weighted by Gasteiger charge is -2.21. The molecule has 2 rings (SSSR count). The van der Waals surface area contributed by atoms with Crippen LogP contribution in [-0.2, 0) is 11.3 Å². The molecule has 0 saturated carbocycles. The van der Waals surface area contributed by atoms with Gasteiger partial charge in [0.2, 0.25) is 5.91 Å². The average molecular weight is 351 g/mol. The summed E-state index contributed by atoms with van der Waals surface area (Å²) in [6.07, 6.45) is 0. The molecule has 0 atom stereocenters. The fraction of sp³-hybridized carbons (Fsp3) is 0.438. The van der Waals surface area contributed by atoms with Gasteiger partial charge in [0.1, 0.15) is 4.70 Å². The van der Waals surface area contributed by atoms with Crippen molar-refractivity contribution in [3.8, 4) is 0 Å². The van der Waals surface area contributed by atoms with Crippen LogP contribution in [0.4, 0.5) is 0 Å². The summed E-state index contributed by atoms with van der Waals surface area (Å²) in [4.78, 5) is 31.1. The van der Waals surface area contributed by atoms with Gasteiger partial charge in [0.05, 0.1) is 11.3 Å². The van der Waals surface area contributed by atoms with Crippen LogP contribution in [0.15, 0.2) is 33.5 Å². The summed E-state index contributed by atoms with van der Waals surface area (Å²) in [6, 6.07) is 1.84. The minimum Gasteiger partial charge on any atom is -0.338 e. The molecule has 2 heterocycles. The molecule has 23 heavy (non-hydrogen) atoms. The van der Waals surface area contributed by atoms with Crippen molar-refractivity contribution >= 4 is 39.2 Å². The zero-order chi connectivity index (χ0) is 17.0. The molecule has 0 saturated heterocycles. The molecule has 0 aliphatic rings. The van der Waals surface area contributed by atoms with Gasteiger partial charge in [0.25, 0.3) is 5.56 Å². The molecule has 7 heteroatoms. The predicted octanol–water partition coefficient (Wildman–Crippen LogP) is 2.99. The third-order valence-electron chi connectivity index (χ3n) is 3.37. The molecule has 0 aliphatic heterocycles. The van der Waals surface area contributed by atoms with Crippen molar-refractivity contribution in [2.75, 3.05) is 18.8 Å². The highest BCUT2D eigenvalue weighted by Gasteiger charge is 2.16. The molecule has 2 aromatic rings. The third kappa shape index (κ3) is 4.03. The van der Waals surface area contributed by atoms with E-state index in [0.717, 1.165) is 5.57 Å². The molecule has 0 fully saturated rings. The van der Waals surface area contributed by atoms with E-state index in [1.165, 1.54) is 23.1 Å². The van der Waals surface area contributed by atoms with E-state index in [1.807, 2.05) is 32.2 Å². The molecule has 1 amide bonds. The van der Waals surface area contributed by atoms with Crippen molar-refractivity contribution in [1.82, 2.24) is 14.5 Å². The second kappa shape index (κ2) is 7.79. The van der Waals surface area contributed by atoms with Gasteiger partial charge in [-0.05, 0) is 32.2 Å². The van der Waals surface area contributed by atoms with Crippen LogP contribution in [-0.4, -0.2) is 39.2 Å². The van der Waals surface area contributed by atoms with Crippen molar-refractivity contribution in [1.29, 1.82) is 0 Å². The van der Waals surface area contributed by atoms with Gasteiger partial charge in [0.15, 0.2) is 5.16 Å². The lowest BCUT2D eigenvalue weighted by molar-refractivity contribution is -0.127. The highest BCUT2D eigenvalue weighted by Crippen LogP contribution is 2.21. The second-order valence-corrected chi connectivity index (χ2v) is 7.09. The van der Waals surface area contributed by atoms with E-state index in [1.54, 1.807) is 9.47 Å². The maximum atomic E-state index is 12.4. The van der Waals surface area contributed by atoms with Crippen molar-refractivity contribution in [3.05, 3.63) is 34.0 Å². The Labute approximate surface area is 144 Å². The van der Waals surface area contributed by atoms with Crippen molar-refractivity contribution < 1.29 is 4.79 Å². The van der Waals surface area contributed by atoms with E-state index in [9.17, 15) is 9.59 Å². The van der Waals surface area contributed by atoms with Crippen LogP contribution < -0.4 is 5.56 Å². The van der Waals surface area contributed by atoms with E-state index >= 15 is 0 Å². The van der Waals surface area contributed by atoms with E-state index in [-0.39, 0.29) is 17.2 Å². The fourth-order valence-corrected chi connectivity index (χ4v) is 3.98. The van der Waals surface area contributed by atoms with Gasteiger partial charge in [-0.2, -0.15) is 0 Å². The number of carbonyl (C=O) groups excluding carboxylic acids is 1. The summed E-state index contributed by atoms with van der Waals surface area (Å²) < 4.78 is 2.30. The zero-order valence-electron chi connectivity index (χ0n) is 13.7. The summed E-state index contributed by atoms with van der Waals surface area (Å²) in [5, 5.41) is 2.47. The third-order valence-corrected chi connectivity index (χ3v) is 5.22. The number of hydrogen-bond acceptors (Lipinski definition) is 5. The summed E-state index contributed by atoms with van der Waals surface area (Å²) in [6.45, 7) is 11.4. The molecule has 0 radical (unpaired) electrons. The van der Waals surface area contributed by atoms with E-state index in [2.05, 4.69) is 11.6 Å². The van der Waals surface area contributed by atoms with E-state index < -0.39 is 0 Å². The first kappa shape index (κ1) is 17.7. The molecule has 0 aromatic carbocycles. The maximum absolute atomic E-state index is 12.4. The van der Waals surface area contributed by atoms with Gasteiger partial charge < -0.3 is 4.90 Å². The van der Waals surface area contributed by atoms with E-state index in [4.69, 9.17) is 0 Å². The Kier molecular flexibility index (Phi) is 6.01. The number of hydrogen-bond donors (Lipinski definition) is 0. The Hall–Kier alpha value is -1.60. The molecule has 0 aliphatic carbocycles. The number of carbonyl (C=O) groups is 1. The zero-order valence-corrected chi connectivity index (χ0v) is 15.3. The van der Waals surface area contributed by atoms with Crippen molar-refractivity contribution in [2.24, 2.45) is 0 Å². The van der Waals surface area contributed by atoms with Crippen LogP contribution >= 0.6 is 23.1 Å². The molecular formula is C16H21N3O2S2. The number of aromatic nitrogens is 2. The Balaban J connectivity index is 2.19. The van der Waals surface area contributed by atoms with Gasteiger partial charge in [-0.3, -0.25) is 14.2 Å². The van der Waals surface area contributed by atoms with Gasteiger partial charge in [-0.25, -0.2) is 4.98 Å². The monoisotopic (exact) mass is 351 g/mol. The quantitative estimate of drug-likeness (QED) is 0.437. The first-order valence-corrected chi connectivity index (χ1v) is 9.37. The Morgan fingerprint density at radius 3 is 2.83 bits per heavy atom. The standard InChI is InChI=1S/C16H21N3O2S2/c1-5-18(9-11(3)4)13(20)10-23-16-17-12-7-8-22-14(12)15(21)19(16)6-2/h7-8H,3,5-6,9-10H2,1-2,4H3. The summed E-state index contributed by atoms with van der Waals surface area (Å²) in [7, 11) is 0. The number of thioether (sulfide) groups is 1. The van der Waals surface area contributed by atoms with Crippen LogP contribution in [0.3, 0.4) is 0 Å².